The van der Waals surface area contributed by atoms with Crippen LogP contribution in [-0.4, -0.2) is 43.7 Å². The molecule has 0 bridgehead atoms. The summed E-state index contributed by atoms with van der Waals surface area (Å²) in [4.78, 5) is 26.9. The number of nitrogens with zero attached hydrogens (tertiary/aromatic N) is 2. The molecule has 0 amide bonds. The van der Waals surface area contributed by atoms with E-state index in [4.69, 9.17) is 14.3 Å². The molecule has 10 heteroatoms. The quantitative estimate of drug-likeness (QED) is 0.288. The van der Waals surface area contributed by atoms with Crippen LogP contribution in [0.2, 0.25) is 0 Å². The zero-order valence-electron chi connectivity index (χ0n) is 24.1. The Morgan fingerprint density at radius 1 is 1.26 bits per heavy atom. The van der Waals surface area contributed by atoms with E-state index in [0.717, 1.165) is 40.7 Å². The van der Waals surface area contributed by atoms with Crippen molar-refractivity contribution in [3.8, 4) is 5.69 Å². The van der Waals surface area contributed by atoms with Crippen LogP contribution in [0.4, 0.5) is 4.39 Å². The van der Waals surface area contributed by atoms with Gasteiger partial charge in [0.2, 0.25) is 10.9 Å². The number of fused-ring (bicyclic) bond motifs is 6. The lowest BCUT2D eigenvalue weighted by molar-refractivity contribution is -0.175. The van der Waals surface area contributed by atoms with Gasteiger partial charge in [-0.3, -0.25) is 4.79 Å². The van der Waals surface area contributed by atoms with Crippen molar-refractivity contribution in [1.82, 2.24) is 9.78 Å². The van der Waals surface area contributed by atoms with E-state index in [1.165, 1.54) is 17.9 Å². The molecule has 4 aliphatic carbocycles. The fourth-order valence-electron chi connectivity index (χ4n) is 9.30. The van der Waals surface area contributed by atoms with Gasteiger partial charge in [-0.1, -0.05) is 41.4 Å². The van der Waals surface area contributed by atoms with Crippen molar-refractivity contribution in [2.75, 3.05) is 6.01 Å². The van der Waals surface area contributed by atoms with Crippen molar-refractivity contribution in [2.45, 2.75) is 64.1 Å². The van der Waals surface area contributed by atoms with Crippen LogP contribution in [0.15, 0.2) is 63.3 Å². The minimum absolute atomic E-state index is 0.0000752. The van der Waals surface area contributed by atoms with Crippen LogP contribution in [0.1, 0.15) is 67.8 Å². The summed E-state index contributed by atoms with van der Waals surface area (Å²) >= 11 is 4.12. The maximum atomic E-state index is 13.7. The first-order valence-corrected chi connectivity index (χ1v) is 16.6. The third-order valence-electron chi connectivity index (χ3n) is 11.1. The van der Waals surface area contributed by atoms with E-state index in [1.54, 1.807) is 6.07 Å². The second-order valence-electron chi connectivity index (χ2n) is 13.0. The Kier molecular flexibility index (Phi) is 7.06. The number of carbonyl (C=O) groups is 2. The molecular formula is C33H34BrFN2O5S. The van der Waals surface area contributed by atoms with E-state index in [-0.39, 0.29) is 35.3 Å². The summed E-state index contributed by atoms with van der Waals surface area (Å²) in [6.45, 7) is 4.23. The molecule has 226 valence electrons. The van der Waals surface area contributed by atoms with Crippen molar-refractivity contribution in [2.24, 2.45) is 28.6 Å². The second kappa shape index (κ2) is 10.4. The molecule has 0 aliphatic heterocycles. The lowest BCUT2D eigenvalue weighted by Crippen LogP contribution is -2.62. The van der Waals surface area contributed by atoms with Crippen molar-refractivity contribution < 1.29 is 28.2 Å². The van der Waals surface area contributed by atoms with E-state index in [1.807, 2.05) is 36.0 Å². The topological polar surface area (TPSA) is 94.6 Å². The number of rotatable bonds is 5. The van der Waals surface area contributed by atoms with Gasteiger partial charge in [0.25, 0.3) is 0 Å². The number of allylic oxidation sites excluding steroid dienone is 1. The third kappa shape index (κ3) is 4.26. The Morgan fingerprint density at radius 2 is 2.09 bits per heavy atom. The summed E-state index contributed by atoms with van der Waals surface area (Å²) in [6, 6.07) is 10.3. The van der Waals surface area contributed by atoms with Gasteiger partial charge in [-0.15, -0.1) is 0 Å². The number of esters is 1. The third-order valence-corrected chi connectivity index (χ3v) is 12.3. The van der Waals surface area contributed by atoms with Crippen LogP contribution in [0, 0.1) is 28.6 Å². The van der Waals surface area contributed by atoms with Crippen LogP contribution >= 0.6 is 27.7 Å². The molecule has 1 unspecified atom stereocenters. The molecule has 0 spiro atoms. The van der Waals surface area contributed by atoms with Gasteiger partial charge in [0.15, 0.2) is 5.60 Å². The van der Waals surface area contributed by atoms with Gasteiger partial charge >= 0.3 is 5.97 Å². The predicted molar refractivity (Wildman–Crippen MR) is 164 cm³/mol. The highest BCUT2D eigenvalue weighted by Gasteiger charge is 2.70. The lowest BCUT2D eigenvalue weighted by atomic mass is 9.45. The van der Waals surface area contributed by atoms with Gasteiger partial charge in [0, 0.05) is 9.89 Å². The number of hydrogen-bond donors (Lipinski definition) is 1. The molecular weight excluding hydrogens is 635 g/mol. The molecule has 7 rings (SSSR count). The summed E-state index contributed by atoms with van der Waals surface area (Å²) in [6.07, 6.45) is 8.60. The highest BCUT2D eigenvalue weighted by Crippen LogP contribution is 2.69. The average molecular weight is 670 g/mol. The summed E-state index contributed by atoms with van der Waals surface area (Å²) in [5.74, 6) is -0.628. The zero-order chi connectivity index (χ0) is 30.1. The number of benzene rings is 1. The molecule has 1 aromatic carbocycles. The summed E-state index contributed by atoms with van der Waals surface area (Å²) < 4.78 is 27.9. The minimum Gasteiger partial charge on any atom is -0.457 e. The zero-order valence-corrected chi connectivity index (χ0v) is 26.5. The number of thioether (sulfide) groups is 1. The van der Waals surface area contributed by atoms with Gasteiger partial charge < -0.3 is 14.3 Å². The van der Waals surface area contributed by atoms with Crippen molar-refractivity contribution in [3.63, 3.8) is 0 Å². The van der Waals surface area contributed by atoms with Gasteiger partial charge in [0.05, 0.1) is 29.9 Å². The van der Waals surface area contributed by atoms with E-state index in [0.29, 0.717) is 24.6 Å². The summed E-state index contributed by atoms with van der Waals surface area (Å²) in [5.41, 5.74) is 1.85. The van der Waals surface area contributed by atoms with Crippen molar-refractivity contribution in [1.29, 1.82) is 0 Å². The Labute approximate surface area is 262 Å². The SMILES string of the molecule is C[C@]12Cc3cnn(-c4cccc(Br)c4)c3C=C1CCC1[C@@H]2[C@@H](O)C[C@@]2(C)[C@H]1CC[C@]2(OC(=O)c1ccco1)C(=O)SCF. The second-order valence-corrected chi connectivity index (χ2v) is 14.8. The first kappa shape index (κ1) is 29.0. The number of carbonyl (C=O) groups excluding carboxylic acids is 2. The molecule has 0 radical (unpaired) electrons. The number of ether oxygens (including phenoxy) is 1. The van der Waals surface area contributed by atoms with Crippen LogP contribution in [0.3, 0.4) is 0 Å². The highest BCUT2D eigenvalue weighted by molar-refractivity contribution is 9.10. The van der Waals surface area contributed by atoms with Gasteiger partial charge in [-0.2, -0.15) is 5.10 Å². The van der Waals surface area contributed by atoms with E-state index in [9.17, 15) is 19.1 Å². The molecule has 2 aromatic heterocycles. The van der Waals surface area contributed by atoms with E-state index >= 15 is 0 Å². The monoisotopic (exact) mass is 668 g/mol. The van der Waals surface area contributed by atoms with Crippen molar-refractivity contribution in [3.05, 3.63) is 75.9 Å². The Morgan fingerprint density at radius 3 is 2.84 bits per heavy atom. The molecule has 3 aromatic rings. The van der Waals surface area contributed by atoms with Crippen LogP contribution < -0.4 is 0 Å². The largest absolute Gasteiger partial charge is 0.457 e. The Bertz CT molecular complexity index is 1620. The number of furan rings is 1. The standard InChI is InChI=1S/C33H34BrFN2O5S/c1-31-15-19-17-36-37(22-6-3-5-21(34)14-22)25(19)13-20(31)8-9-23-24-10-11-33(30(40)43-18-35,32(24,2)16-26(38)28(23)31)42-29(39)27-7-4-12-41-27/h3-7,12-14,17,23-24,26,28,38H,8-11,15-16,18H2,1-2H3/t23?,24-,26-,28+,31-,32-,33-/m0/s1. The van der Waals surface area contributed by atoms with E-state index in [2.05, 4.69) is 35.0 Å². The van der Waals surface area contributed by atoms with Gasteiger partial charge in [-0.05, 0) is 115 Å². The van der Waals surface area contributed by atoms with Crippen LogP contribution in [0.25, 0.3) is 11.8 Å². The Hall–Kier alpha value is -2.69. The van der Waals surface area contributed by atoms with Crippen LogP contribution in [0.5, 0.6) is 0 Å². The van der Waals surface area contributed by atoms with E-state index < -0.39 is 34.2 Å². The number of aromatic nitrogens is 2. The number of hydrogen-bond acceptors (Lipinski definition) is 7. The molecule has 43 heavy (non-hydrogen) atoms. The summed E-state index contributed by atoms with van der Waals surface area (Å²) in [7, 11) is 0. The first-order chi connectivity index (χ1) is 20.6. The molecule has 2 heterocycles. The summed E-state index contributed by atoms with van der Waals surface area (Å²) in [5, 5.41) is 16.3. The minimum atomic E-state index is -1.55. The molecule has 4 aliphatic rings. The molecule has 7 atom stereocenters. The fraction of sp³-hybridized carbons (Fsp3) is 0.485. The van der Waals surface area contributed by atoms with Gasteiger partial charge in [-0.25, -0.2) is 13.9 Å². The fourth-order valence-corrected chi connectivity index (χ4v) is 10.4. The van der Waals surface area contributed by atoms with Gasteiger partial charge in [0.1, 0.15) is 6.01 Å². The molecule has 1 N–H and O–H groups in total. The smallest absolute Gasteiger partial charge is 0.375 e. The van der Waals surface area contributed by atoms with Crippen LogP contribution in [-0.2, 0) is 16.0 Å². The maximum absolute atomic E-state index is 13.7. The number of aliphatic hydroxyl groups is 1. The normalized spacial score (nSPS) is 34.4. The average Bonchev–Trinajstić information content (AvgIpc) is 3.70. The molecule has 3 saturated carbocycles. The molecule has 0 saturated heterocycles. The van der Waals surface area contributed by atoms with Crippen molar-refractivity contribution >= 4 is 44.9 Å². The molecule has 7 nitrogen and oxygen atoms in total. The maximum Gasteiger partial charge on any atom is 0.375 e. The highest BCUT2D eigenvalue weighted by atomic mass is 79.9. The predicted octanol–water partition coefficient (Wildman–Crippen LogP) is 7.16. The number of alkyl halides is 1. The lowest BCUT2D eigenvalue weighted by Gasteiger charge is -2.60. The number of halogens is 2. The number of aliphatic hydroxyl groups excluding tert-OH is 1. The molecule has 3 fully saturated rings. The Balaban J connectivity index is 1.23. The first-order valence-electron chi connectivity index (χ1n) is 14.8.